The molecular formula is C20H23N3O9. The molecule has 3 amide bonds. The second-order valence-electron chi connectivity index (χ2n) is 6.79. The summed E-state index contributed by atoms with van der Waals surface area (Å²) in [6.45, 7) is -0.129. The molecule has 3 rings (SSSR count). The molecule has 12 heteroatoms. The first-order chi connectivity index (χ1) is 15.5. The Bertz CT molecular complexity index is 886. The van der Waals surface area contributed by atoms with Gasteiger partial charge in [-0.3, -0.25) is 14.9 Å². The highest BCUT2D eigenvalue weighted by Crippen LogP contribution is 2.24. The molecule has 0 bridgehead atoms. The molecule has 2 heterocycles. The van der Waals surface area contributed by atoms with E-state index < -0.39 is 36.5 Å². The van der Waals surface area contributed by atoms with Crippen LogP contribution in [0.4, 0.5) is 16.2 Å². The highest BCUT2D eigenvalue weighted by Gasteiger charge is 2.32. The summed E-state index contributed by atoms with van der Waals surface area (Å²) in [5.74, 6) is -2.06. The number of aliphatic hydroxyl groups excluding tert-OH is 1. The van der Waals surface area contributed by atoms with Gasteiger partial charge in [0.1, 0.15) is 19.4 Å². The summed E-state index contributed by atoms with van der Waals surface area (Å²) >= 11 is 0. The molecule has 1 atom stereocenters. The molecule has 0 spiro atoms. The summed E-state index contributed by atoms with van der Waals surface area (Å²) in [4.78, 5) is 52.3. The summed E-state index contributed by atoms with van der Waals surface area (Å²) < 4.78 is 15.6. The average molecular weight is 449 g/mol. The van der Waals surface area contributed by atoms with Crippen LogP contribution in [-0.4, -0.2) is 66.7 Å². The lowest BCUT2D eigenvalue weighted by Gasteiger charge is -2.19. The summed E-state index contributed by atoms with van der Waals surface area (Å²) in [5.41, 5.74) is 1.08. The van der Waals surface area contributed by atoms with Crippen molar-refractivity contribution in [2.75, 3.05) is 37.2 Å². The smallest absolute Gasteiger partial charge is 0.412 e. The van der Waals surface area contributed by atoms with Crippen LogP contribution in [-0.2, 0) is 40.0 Å². The maximum atomic E-state index is 12.3. The number of imide groups is 1. The standard InChI is InChI=1S/C20H23N3O9/c24-10-13-3-4-15(22-20(28)31-14-2-1-7-29-12-30-11-14)16(8-13)21-9-19(27)32-23-17(25)5-6-18(23)26/h1-4,8,14,21,24H,5-7,9-12H2,(H,22,28)/b2-1+. The molecule has 12 nitrogen and oxygen atoms in total. The molecule has 1 saturated heterocycles. The van der Waals surface area contributed by atoms with Crippen molar-refractivity contribution in [2.24, 2.45) is 0 Å². The van der Waals surface area contributed by atoms with Crippen LogP contribution in [0.3, 0.4) is 0 Å². The van der Waals surface area contributed by atoms with Crippen molar-refractivity contribution in [3.8, 4) is 0 Å². The van der Waals surface area contributed by atoms with E-state index in [2.05, 4.69) is 10.6 Å². The minimum absolute atomic E-state index is 0.0114. The lowest BCUT2D eigenvalue weighted by molar-refractivity contribution is -0.196. The molecule has 1 unspecified atom stereocenters. The van der Waals surface area contributed by atoms with Crippen LogP contribution in [0.2, 0.25) is 0 Å². The fourth-order valence-corrected chi connectivity index (χ4v) is 2.86. The fourth-order valence-electron chi connectivity index (χ4n) is 2.86. The Hall–Kier alpha value is -3.48. The van der Waals surface area contributed by atoms with E-state index in [1.54, 1.807) is 18.2 Å². The number of ether oxygens (including phenoxy) is 3. The van der Waals surface area contributed by atoms with Crippen molar-refractivity contribution in [3.05, 3.63) is 35.9 Å². The number of nitrogens with zero attached hydrogens (tertiary/aromatic N) is 1. The number of anilines is 2. The third-order valence-corrected chi connectivity index (χ3v) is 4.40. The molecular weight excluding hydrogens is 426 g/mol. The number of hydroxylamine groups is 2. The molecule has 1 fully saturated rings. The van der Waals surface area contributed by atoms with Gasteiger partial charge in [0, 0.05) is 12.8 Å². The molecule has 2 aliphatic heterocycles. The molecule has 0 aliphatic carbocycles. The zero-order chi connectivity index (χ0) is 22.9. The number of carbonyl (C=O) groups excluding carboxylic acids is 4. The molecule has 1 aromatic carbocycles. The molecule has 3 N–H and O–H groups in total. The minimum atomic E-state index is -0.879. The number of rotatable bonds is 7. The number of aliphatic hydroxyl groups is 1. The zero-order valence-electron chi connectivity index (χ0n) is 17.1. The van der Waals surface area contributed by atoms with Crippen LogP contribution in [0.25, 0.3) is 0 Å². The van der Waals surface area contributed by atoms with E-state index in [0.717, 1.165) is 0 Å². The van der Waals surface area contributed by atoms with E-state index in [9.17, 15) is 24.3 Å². The molecule has 172 valence electrons. The maximum absolute atomic E-state index is 12.3. The largest absolute Gasteiger partial charge is 0.439 e. The van der Waals surface area contributed by atoms with Crippen molar-refractivity contribution in [2.45, 2.75) is 25.6 Å². The van der Waals surface area contributed by atoms with Gasteiger partial charge in [-0.05, 0) is 23.8 Å². The SMILES string of the molecule is O=C(CNc1cc(CO)ccc1NC(=O)OC1/C=C/COCOC1)ON1C(=O)CCC1=O. The second kappa shape index (κ2) is 11.2. The van der Waals surface area contributed by atoms with Gasteiger partial charge in [0.05, 0.1) is 31.2 Å². The van der Waals surface area contributed by atoms with Crippen molar-refractivity contribution in [1.82, 2.24) is 5.06 Å². The summed E-state index contributed by atoms with van der Waals surface area (Å²) in [6, 6.07) is 4.62. The van der Waals surface area contributed by atoms with E-state index in [1.807, 2.05) is 0 Å². The summed E-state index contributed by atoms with van der Waals surface area (Å²) in [7, 11) is 0. The van der Waals surface area contributed by atoms with E-state index in [4.69, 9.17) is 19.0 Å². The molecule has 0 radical (unpaired) electrons. The topological polar surface area (TPSA) is 153 Å². The number of carbonyl (C=O) groups is 4. The van der Waals surface area contributed by atoms with Crippen molar-refractivity contribution >= 4 is 35.3 Å². The van der Waals surface area contributed by atoms with Crippen LogP contribution in [0, 0.1) is 0 Å². The predicted molar refractivity (Wildman–Crippen MR) is 108 cm³/mol. The van der Waals surface area contributed by atoms with Gasteiger partial charge in [-0.15, -0.1) is 5.06 Å². The van der Waals surface area contributed by atoms with E-state index in [0.29, 0.717) is 22.9 Å². The Morgan fingerprint density at radius 3 is 2.69 bits per heavy atom. The van der Waals surface area contributed by atoms with Crippen LogP contribution in [0.15, 0.2) is 30.4 Å². The van der Waals surface area contributed by atoms with Crippen LogP contribution in [0.1, 0.15) is 18.4 Å². The van der Waals surface area contributed by atoms with E-state index in [-0.39, 0.29) is 38.5 Å². The monoisotopic (exact) mass is 449 g/mol. The van der Waals surface area contributed by atoms with E-state index >= 15 is 0 Å². The van der Waals surface area contributed by atoms with Gasteiger partial charge in [0.2, 0.25) is 0 Å². The number of hydrogen-bond donors (Lipinski definition) is 3. The highest BCUT2D eigenvalue weighted by atomic mass is 16.7. The molecule has 1 aromatic rings. The van der Waals surface area contributed by atoms with Crippen LogP contribution in [0.5, 0.6) is 0 Å². The molecule has 32 heavy (non-hydrogen) atoms. The van der Waals surface area contributed by atoms with E-state index in [1.165, 1.54) is 12.1 Å². The van der Waals surface area contributed by atoms with Gasteiger partial charge >= 0.3 is 12.1 Å². The normalized spacial score (nSPS) is 19.7. The Morgan fingerprint density at radius 1 is 1.16 bits per heavy atom. The molecule has 0 saturated carbocycles. The lowest BCUT2D eigenvalue weighted by Crippen LogP contribution is -2.34. The number of amides is 3. The van der Waals surface area contributed by atoms with Crippen molar-refractivity contribution in [3.63, 3.8) is 0 Å². The fraction of sp³-hybridized carbons (Fsp3) is 0.400. The first-order valence-corrected chi connectivity index (χ1v) is 9.80. The Morgan fingerprint density at radius 2 is 1.94 bits per heavy atom. The van der Waals surface area contributed by atoms with Gasteiger partial charge in [-0.1, -0.05) is 12.1 Å². The van der Waals surface area contributed by atoms with Crippen molar-refractivity contribution < 1.29 is 43.3 Å². The summed E-state index contributed by atoms with van der Waals surface area (Å²) in [6.07, 6.45) is 1.96. The lowest BCUT2D eigenvalue weighted by atomic mass is 10.1. The van der Waals surface area contributed by atoms with Gasteiger partial charge in [-0.25, -0.2) is 9.59 Å². The van der Waals surface area contributed by atoms with Gasteiger partial charge in [0.15, 0.2) is 0 Å². The molecule has 2 aliphatic rings. The van der Waals surface area contributed by atoms with Gasteiger partial charge in [-0.2, -0.15) is 0 Å². The first-order valence-electron chi connectivity index (χ1n) is 9.80. The Balaban J connectivity index is 1.60. The average Bonchev–Trinajstić information content (AvgIpc) is 3.06. The maximum Gasteiger partial charge on any atom is 0.412 e. The minimum Gasteiger partial charge on any atom is -0.439 e. The second-order valence-corrected chi connectivity index (χ2v) is 6.79. The highest BCUT2D eigenvalue weighted by molar-refractivity contribution is 6.01. The van der Waals surface area contributed by atoms with Gasteiger partial charge in [0.25, 0.3) is 11.8 Å². The van der Waals surface area contributed by atoms with Crippen LogP contribution < -0.4 is 10.6 Å². The first kappa shape index (κ1) is 23.2. The third-order valence-electron chi connectivity index (χ3n) is 4.40. The Kier molecular flexibility index (Phi) is 8.14. The van der Waals surface area contributed by atoms with Crippen molar-refractivity contribution in [1.29, 1.82) is 0 Å². The number of hydrogen-bond acceptors (Lipinski definition) is 10. The number of nitrogens with one attached hydrogen (secondary N) is 2. The molecule has 0 aromatic heterocycles. The zero-order valence-corrected chi connectivity index (χ0v) is 17.1. The summed E-state index contributed by atoms with van der Waals surface area (Å²) in [5, 5.41) is 15.1. The predicted octanol–water partition coefficient (Wildman–Crippen LogP) is 0.676. The third kappa shape index (κ3) is 6.51. The van der Waals surface area contributed by atoms with Crippen LogP contribution >= 0.6 is 0 Å². The van der Waals surface area contributed by atoms with Gasteiger partial charge < -0.3 is 29.5 Å². The Labute approximate surface area is 183 Å². The quantitative estimate of drug-likeness (QED) is 0.400. The number of benzene rings is 1.